The highest BCUT2D eigenvalue weighted by atomic mass is 35.5. The second kappa shape index (κ2) is 7.94. The smallest absolute Gasteiger partial charge is 0.326 e. The molecule has 3 heterocycles. The first-order valence-corrected chi connectivity index (χ1v) is 9.31. The molecule has 25 heavy (non-hydrogen) atoms. The van der Waals surface area contributed by atoms with E-state index >= 15 is 0 Å². The predicted molar refractivity (Wildman–Crippen MR) is 103 cm³/mol. The molecule has 0 aliphatic carbocycles. The third-order valence-electron chi connectivity index (χ3n) is 5.76. The van der Waals surface area contributed by atoms with Gasteiger partial charge in [0.05, 0.1) is 11.0 Å². The number of likely N-dealkylation sites (tertiary alicyclic amines) is 1. The molecule has 2 aliphatic rings. The summed E-state index contributed by atoms with van der Waals surface area (Å²) in [4.78, 5) is 18.1. The molecule has 0 amide bonds. The topological polar surface area (TPSA) is 50.3 Å². The molecule has 0 radical (unpaired) electrons. The zero-order valence-corrected chi connectivity index (χ0v) is 15.7. The van der Waals surface area contributed by atoms with Crippen molar-refractivity contribution in [1.82, 2.24) is 14.5 Å². The van der Waals surface area contributed by atoms with Crippen LogP contribution in [-0.4, -0.2) is 46.8 Å². The SMILES string of the molecule is CCc1ccc2[nH]c(=O)n(C3CCN(C4CCOCC4)CC3)c2c1.Cl. The lowest BCUT2D eigenvalue weighted by atomic mass is 9.99. The zero-order valence-electron chi connectivity index (χ0n) is 14.9. The van der Waals surface area contributed by atoms with Crippen LogP contribution in [0.2, 0.25) is 0 Å². The average molecular weight is 366 g/mol. The highest BCUT2D eigenvalue weighted by Crippen LogP contribution is 2.28. The number of ether oxygens (including phenoxy) is 1. The molecule has 2 fully saturated rings. The van der Waals surface area contributed by atoms with Crippen molar-refractivity contribution < 1.29 is 4.74 Å². The molecule has 1 aromatic heterocycles. The lowest BCUT2D eigenvalue weighted by Crippen LogP contribution is -2.45. The van der Waals surface area contributed by atoms with Crippen molar-refractivity contribution in [2.24, 2.45) is 0 Å². The summed E-state index contributed by atoms with van der Waals surface area (Å²) in [7, 11) is 0. The van der Waals surface area contributed by atoms with Crippen LogP contribution in [0.4, 0.5) is 0 Å². The van der Waals surface area contributed by atoms with Crippen molar-refractivity contribution in [2.75, 3.05) is 26.3 Å². The third kappa shape index (κ3) is 3.64. The summed E-state index contributed by atoms with van der Waals surface area (Å²) in [5.74, 6) is 0. The van der Waals surface area contributed by atoms with Crippen molar-refractivity contribution in [3.63, 3.8) is 0 Å². The Morgan fingerprint density at radius 2 is 1.84 bits per heavy atom. The van der Waals surface area contributed by atoms with E-state index in [2.05, 4.69) is 28.9 Å². The van der Waals surface area contributed by atoms with Crippen LogP contribution in [-0.2, 0) is 11.2 Å². The predicted octanol–water partition coefficient (Wildman–Crippen LogP) is 3.13. The molecule has 5 nitrogen and oxygen atoms in total. The van der Waals surface area contributed by atoms with Crippen LogP contribution in [0.1, 0.15) is 44.2 Å². The fourth-order valence-electron chi connectivity index (χ4n) is 4.31. The normalized spacial score (nSPS) is 20.7. The van der Waals surface area contributed by atoms with Gasteiger partial charge in [-0.1, -0.05) is 13.0 Å². The van der Waals surface area contributed by atoms with Crippen LogP contribution in [0.15, 0.2) is 23.0 Å². The quantitative estimate of drug-likeness (QED) is 0.909. The molecular formula is C19H28ClN3O2. The highest BCUT2D eigenvalue weighted by molar-refractivity contribution is 5.85. The second-order valence-electron chi connectivity index (χ2n) is 7.12. The molecule has 1 N–H and O–H groups in total. The van der Waals surface area contributed by atoms with Crippen LogP contribution in [0, 0.1) is 0 Å². The lowest BCUT2D eigenvalue weighted by Gasteiger charge is -2.39. The molecule has 2 aromatic rings. The Bertz CT molecular complexity index is 756. The molecule has 2 aliphatic heterocycles. The number of aryl methyl sites for hydroxylation is 1. The van der Waals surface area contributed by atoms with Gasteiger partial charge < -0.3 is 14.6 Å². The summed E-state index contributed by atoms with van der Waals surface area (Å²) < 4.78 is 7.49. The fraction of sp³-hybridized carbons (Fsp3) is 0.632. The average Bonchev–Trinajstić information content (AvgIpc) is 2.97. The van der Waals surface area contributed by atoms with Crippen molar-refractivity contribution >= 4 is 23.4 Å². The minimum Gasteiger partial charge on any atom is -0.381 e. The summed E-state index contributed by atoms with van der Waals surface area (Å²) in [6.07, 6.45) is 5.41. The Morgan fingerprint density at radius 1 is 1.12 bits per heavy atom. The van der Waals surface area contributed by atoms with E-state index < -0.39 is 0 Å². The van der Waals surface area contributed by atoms with Crippen molar-refractivity contribution in [2.45, 2.75) is 51.1 Å². The van der Waals surface area contributed by atoms with E-state index in [4.69, 9.17) is 4.74 Å². The molecule has 0 spiro atoms. The molecule has 4 rings (SSSR count). The Balaban J connectivity index is 0.00000182. The summed E-state index contributed by atoms with van der Waals surface area (Å²) >= 11 is 0. The highest BCUT2D eigenvalue weighted by Gasteiger charge is 2.28. The number of H-pyrrole nitrogens is 1. The minimum absolute atomic E-state index is 0. The maximum absolute atomic E-state index is 12.5. The van der Waals surface area contributed by atoms with Gasteiger partial charge >= 0.3 is 5.69 Å². The van der Waals surface area contributed by atoms with E-state index in [1.54, 1.807) is 0 Å². The van der Waals surface area contributed by atoms with E-state index in [1.165, 1.54) is 5.56 Å². The van der Waals surface area contributed by atoms with Gasteiger partial charge in [-0.25, -0.2) is 4.79 Å². The number of benzene rings is 1. The van der Waals surface area contributed by atoms with Crippen LogP contribution < -0.4 is 5.69 Å². The summed E-state index contributed by atoms with van der Waals surface area (Å²) in [6, 6.07) is 7.32. The molecule has 2 saturated heterocycles. The number of nitrogens with zero attached hydrogens (tertiary/aromatic N) is 2. The number of rotatable bonds is 3. The first kappa shape index (κ1) is 18.5. The maximum Gasteiger partial charge on any atom is 0.326 e. The van der Waals surface area contributed by atoms with Crippen LogP contribution >= 0.6 is 12.4 Å². The maximum atomic E-state index is 12.5. The number of hydrogen-bond donors (Lipinski definition) is 1. The van der Waals surface area contributed by atoms with Gasteiger partial charge in [-0.05, 0) is 49.8 Å². The number of aromatic amines is 1. The van der Waals surface area contributed by atoms with E-state index in [1.807, 2.05) is 10.6 Å². The molecule has 0 atom stereocenters. The first-order valence-electron chi connectivity index (χ1n) is 9.31. The van der Waals surface area contributed by atoms with Gasteiger partial charge in [-0.3, -0.25) is 4.57 Å². The number of imidazole rings is 1. The number of fused-ring (bicyclic) bond motifs is 1. The van der Waals surface area contributed by atoms with Gasteiger partial charge in [-0.2, -0.15) is 0 Å². The second-order valence-corrected chi connectivity index (χ2v) is 7.12. The first-order chi connectivity index (χ1) is 11.8. The van der Waals surface area contributed by atoms with Gasteiger partial charge in [-0.15, -0.1) is 12.4 Å². The van der Waals surface area contributed by atoms with Gasteiger partial charge in [0.2, 0.25) is 0 Å². The Morgan fingerprint density at radius 3 is 2.52 bits per heavy atom. The van der Waals surface area contributed by atoms with E-state index in [0.29, 0.717) is 12.1 Å². The van der Waals surface area contributed by atoms with Gasteiger partial charge in [0, 0.05) is 38.4 Å². The number of nitrogens with one attached hydrogen (secondary N) is 1. The van der Waals surface area contributed by atoms with Crippen LogP contribution in [0.5, 0.6) is 0 Å². The monoisotopic (exact) mass is 365 g/mol. The van der Waals surface area contributed by atoms with Gasteiger partial charge in [0.1, 0.15) is 0 Å². The summed E-state index contributed by atoms with van der Waals surface area (Å²) in [5.41, 5.74) is 3.37. The zero-order chi connectivity index (χ0) is 16.5. The van der Waals surface area contributed by atoms with Crippen molar-refractivity contribution in [3.05, 3.63) is 34.2 Å². The standard InChI is InChI=1S/C19H27N3O2.ClH/c1-2-14-3-4-17-18(13-14)22(19(23)20-17)16-5-9-21(10-6-16)15-7-11-24-12-8-15;/h3-4,13,15-16H,2,5-12H2,1H3,(H,20,23);1H. The summed E-state index contributed by atoms with van der Waals surface area (Å²) in [6.45, 7) is 6.12. The van der Waals surface area contributed by atoms with Crippen LogP contribution in [0.25, 0.3) is 11.0 Å². The van der Waals surface area contributed by atoms with E-state index in [0.717, 1.165) is 69.4 Å². The molecule has 138 valence electrons. The molecule has 0 saturated carbocycles. The van der Waals surface area contributed by atoms with Crippen molar-refractivity contribution in [1.29, 1.82) is 0 Å². The lowest BCUT2D eigenvalue weighted by molar-refractivity contribution is 0.0220. The Labute approximate surface area is 154 Å². The molecular weight excluding hydrogens is 338 g/mol. The van der Waals surface area contributed by atoms with E-state index in [-0.39, 0.29) is 18.1 Å². The summed E-state index contributed by atoms with van der Waals surface area (Å²) in [5, 5.41) is 0. The number of halogens is 1. The molecule has 0 bridgehead atoms. The Hall–Kier alpha value is -1.30. The van der Waals surface area contributed by atoms with Gasteiger partial charge in [0.25, 0.3) is 0 Å². The third-order valence-corrected chi connectivity index (χ3v) is 5.76. The fourth-order valence-corrected chi connectivity index (χ4v) is 4.31. The minimum atomic E-state index is 0. The molecule has 6 heteroatoms. The number of piperidine rings is 1. The van der Waals surface area contributed by atoms with Crippen molar-refractivity contribution in [3.8, 4) is 0 Å². The van der Waals surface area contributed by atoms with Crippen LogP contribution in [0.3, 0.4) is 0 Å². The Kier molecular flexibility index (Phi) is 5.87. The molecule has 1 aromatic carbocycles. The molecule has 0 unspecified atom stereocenters. The number of hydrogen-bond acceptors (Lipinski definition) is 3. The van der Waals surface area contributed by atoms with E-state index in [9.17, 15) is 4.79 Å². The number of aromatic nitrogens is 2. The van der Waals surface area contributed by atoms with Gasteiger partial charge in [0.15, 0.2) is 0 Å². The largest absolute Gasteiger partial charge is 0.381 e.